The number of rotatable bonds is 7. The van der Waals surface area contributed by atoms with E-state index in [4.69, 9.17) is 9.47 Å². The van der Waals surface area contributed by atoms with Gasteiger partial charge in [-0.05, 0) is 50.7 Å². The summed E-state index contributed by atoms with van der Waals surface area (Å²) in [6.07, 6.45) is 8.32. The van der Waals surface area contributed by atoms with Crippen LogP contribution in [0.25, 0.3) is 11.4 Å². The molecule has 0 aliphatic heterocycles. The molecule has 4 rings (SSSR count). The molecule has 2 saturated carbocycles. The third-order valence-electron chi connectivity index (χ3n) is 6.69. The number of carboxylic acid groups (broad SMARTS) is 1. The molecule has 1 N–H and O–H groups in total. The van der Waals surface area contributed by atoms with Crippen LogP contribution in [0.3, 0.4) is 0 Å². The van der Waals surface area contributed by atoms with Crippen molar-refractivity contribution in [3.05, 3.63) is 24.0 Å². The van der Waals surface area contributed by atoms with Crippen molar-refractivity contribution in [3.63, 3.8) is 0 Å². The molecule has 33 heavy (non-hydrogen) atoms. The van der Waals surface area contributed by atoms with Crippen molar-refractivity contribution in [1.29, 1.82) is 0 Å². The summed E-state index contributed by atoms with van der Waals surface area (Å²) in [7, 11) is 3.53. The molecule has 10 heteroatoms. The topological polar surface area (TPSA) is 120 Å². The van der Waals surface area contributed by atoms with Gasteiger partial charge in [0.25, 0.3) is 0 Å². The molecule has 2 aliphatic rings. The fourth-order valence-corrected chi connectivity index (χ4v) is 4.67. The molecule has 0 spiro atoms. The molecule has 2 aliphatic carbocycles. The van der Waals surface area contributed by atoms with Gasteiger partial charge in [-0.25, -0.2) is 9.48 Å². The second kappa shape index (κ2) is 10.2. The van der Waals surface area contributed by atoms with Crippen molar-refractivity contribution in [2.45, 2.75) is 70.1 Å². The van der Waals surface area contributed by atoms with Crippen LogP contribution in [-0.4, -0.2) is 61.2 Å². The van der Waals surface area contributed by atoms with E-state index in [-0.39, 0.29) is 30.8 Å². The summed E-state index contributed by atoms with van der Waals surface area (Å²) in [5.74, 6) is -0.527. The number of amides is 1. The predicted octanol–water partition coefficient (Wildman–Crippen LogP) is 3.41. The number of aryl methyl sites for hydroxylation is 1. The van der Waals surface area contributed by atoms with E-state index in [2.05, 4.69) is 15.3 Å². The van der Waals surface area contributed by atoms with Crippen molar-refractivity contribution < 1.29 is 24.2 Å². The van der Waals surface area contributed by atoms with Crippen LogP contribution < -0.4 is 4.74 Å². The zero-order chi connectivity index (χ0) is 23.4. The molecule has 2 fully saturated rings. The summed E-state index contributed by atoms with van der Waals surface area (Å²) in [5, 5.41) is 17.5. The number of carbonyl (C=O) groups excluding carboxylic acids is 1. The molecule has 2 aromatic heterocycles. The zero-order valence-electron chi connectivity index (χ0n) is 19.1. The molecule has 0 saturated heterocycles. The summed E-state index contributed by atoms with van der Waals surface area (Å²) in [6, 6.07) is 3.82. The molecular formula is C23H31N5O5. The van der Waals surface area contributed by atoms with Crippen LogP contribution in [0.4, 0.5) is 4.79 Å². The van der Waals surface area contributed by atoms with Crippen molar-refractivity contribution in [3.8, 4) is 17.1 Å². The lowest BCUT2D eigenvalue weighted by Gasteiger charge is -2.27. The molecule has 2 heterocycles. The molecule has 0 aromatic carbocycles. The fraction of sp³-hybridized carbons (Fsp3) is 0.609. The van der Waals surface area contributed by atoms with E-state index in [0.29, 0.717) is 35.7 Å². The van der Waals surface area contributed by atoms with Gasteiger partial charge in [0.05, 0.1) is 23.9 Å². The minimum Gasteiger partial charge on any atom is -0.489 e. The average molecular weight is 458 g/mol. The molecular weight excluding hydrogens is 426 g/mol. The second-order valence-electron chi connectivity index (χ2n) is 8.93. The third kappa shape index (κ3) is 5.43. The summed E-state index contributed by atoms with van der Waals surface area (Å²) in [5.41, 5.74) is 1.79. The standard InChI is InChI=1S/C23H31N5O5/c1-27(16-7-3-4-8-16)23(31)32-14-20-21(25-26-28(20)2)19-11-10-18(13-24-19)33-17-9-5-6-15(12-17)22(29)30/h10-11,13,15-17H,3-9,12,14H2,1-2H3,(H,29,30). The van der Waals surface area contributed by atoms with E-state index in [1.807, 2.05) is 0 Å². The fourth-order valence-electron chi connectivity index (χ4n) is 4.67. The highest BCUT2D eigenvalue weighted by Crippen LogP contribution is 2.29. The van der Waals surface area contributed by atoms with Gasteiger partial charge < -0.3 is 19.5 Å². The summed E-state index contributed by atoms with van der Waals surface area (Å²) < 4.78 is 13.1. The molecule has 178 valence electrons. The Labute approximate surface area is 192 Å². The Kier molecular flexibility index (Phi) is 7.10. The van der Waals surface area contributed by atoms with Crippen molar-refractivity contribution in [2.24, 2.45) is 13.0 Å². The van der Waals surface area contributed by atoms with Crippen molar-refractivity contribution in [2.75, 3.05) is 7.05 Å². The predicted molar refractivity (Wildman–Crippen MR) is 118 cm³/mol. The van der Waals surface area contributed by atoms with E-state index in [1.54, 1.807) is 42.0 Å². The zero-order valence-corrected chi connectivity index (χ0v) is 19.1. The van der Waals surface area contributed by atoms with Crippen LogP contribution in [0.1, 0.15) is 57.1 Å². The minimum atomic E-state index is -0.762. The lowest BCUT2D eigenvalue weighted by Crippen LogP contribution is -2.35. The Hall–Kier alpha value is -3.17. The molecule has 0 bridgehead atoms. The Morgan fingerprint density at radius 2 is 1.97 bits per heavy atom. The largest absolute Gasteiger partial charge is 0.489 e. The lowest BCUT2D eigenvalue weighted by atomic mass is 9.87. The number of carboxylic acids is 1. The smallest absolute Gasteiger partial charge is 0.410 e. The first-order chi connectivity index (χ1) is 15.9. The number of aromatic nitrogens is 4. The minimum absolute atomic E-state index is 0.0489. The maximum Gasteiger partial charge on any atom is 0.410 e. The first kappa shape index (κ1) is 23.0. The van der Waals surface area contributed by atoms with Crippen molar-refractivity contribution in [1.82, 2.24) is 24.9 Å². The molecule has 2 atom stereocenters. The SMILES string of the molecule is CN(C(=O)OCc1c(-c2ccc(OC3CCCC(C(=O)O)C3)cn2)nnn1C)C1CCCC1. The summed E-state index contributed by atoms with van der Waals surface area (Å²) >= 11 is 0. The van der Waals surface area contributed by atoms with Gasteiger partial charge >= 0.3 is 12.1 Å². The van der Waals surface area contributed by atoms with E-state index in [9.17, 15) is 14.7 Å². The molecule has 0 radical (unpaired) electrons. The van der Waals surface area contributed by atoms with Gasteiger partial charge in [-0.2, -0.15) is 0 Å². The molecule has 2 aromatic rings. The number of carbonyl (C=O) groups is 2. The highest BCUT2D eigenvalue weighted by molar-refractivity contribution is 5.70. The van der Waals surface area contributed by atoms with Crippen LogP contribution in [0.2, 0.25) is 0 Å². The van der Waals surface area contributed by atoms with Gasteiger partial charge in [0.2, 0.25) is 0 Å². The maximum atomic E-state index is 12.5. The number of hydrogen-bond acceptors (Lipinski definition) is 7. The Morgan fingerprint density at radius 1 is 1.18 bits per heavy atom. The Balaban J connectivity index is 1.38. The monoisotopic (exact) mass is 457 g/mol. The Bertz CT molecular complexity index is 970. The summed E-state index contributed by atoms with van der Waals surface area (Å²) in [4.78, 5) is 29.9. The first-order valence-electron chi connectivity index (χ1n) is 11.6. The van der Waals surface area contributed by atoms with Gasteiger partial charge in [0, 0.05) is 20.1 Å². The van der Waals surface area contributed by atoms with Crippen molar-refractivity contribution >= 4 is 12.1 Å². The quantitative estimate of drug-likeness (QED) is 0.672. The van der Waals surface area contributed by atoms with Gasteiger partial charge in [-0.15, -0.1) is 5.10 Å². The van der Waals surface area contributed by atoms with Gasteiger partial charge in [0.15, 0.2) is 0 Å². The Morgan fingerprint density at radius 3 is 2.67 bits per heavy atom. The number of pyridine rings is 1. The van der Waals surface area contributed by atoms with Crippen LogP contribution in [0.5, 0.6) is 5.75 Å². The normalized spacial score (nSPS) is 21.0. The van der Waals surface area contributed by atoms with E-state index < -0.39 is 5.97 Å². The molecule has 2 unspecified atom stereocenters. The van der Waals surface area contributed by atoms with Crippen LogP contribution in [0, 0.1) is 5.92 Å². The van der Waals surface area contributed by atoms with Gasteiger partial charge in [0.1, 0.15) is 23.7 Å². The highest BCUT2D eigenvalue weighted by atomic mass is 16.6. The molecule has 10 nitrogen and oxygen atoms in total. The summed E-state index contributed by atoms with van der Waals surface area (Å²) in [6.45, 7) is 0.0489. The highest BCUT2D eigenvalue weighted by Gasteiger charge is 2.28. The number of ether oxygens (including phenoxy) is 2. The maximum absolute atomic E-state index is 12.5. The van der Waals surface area contributed by atoms with Gasteiger partial charge in [-0.3, -0.25) is 9.78 Å². The van der Waals surface area contributed by atoms with Crippen LogP contribution in [0.15, 0.2) is 18.3 Å². The van der Waals surface area contributed by atoms with Gasteiger partial charge in [-0.1, -0.05) is 18.1 Å². The number of nitrogens with zero attached hydrogens (tertiary/aromatic N) is 5. The lowest BCUT2D eigenvalue weighted by molar-refractivity contribution is -0.143. The average Bonchev–Trinajstić information content (AvgIpc) is 3.48. The van der Waals surface area contributed by atoms with E-state index >= 15 is 0 Å². The second-order valence-corrected chi connectivity index (χ2v) is 8.93. The van der Waals surface area contributed by atoms with Crippen LogP contribution in [-0.2, 0) is 23.2 Å². The van der Waals surface area contributed by atoms with Crippen LogP contribution >= 0.6 is 0 Å². The molecule has 1 amide bonds. The van der Waals surface area contributed by atoms with E-state index in [1.165, 1.54) is 0 Å². The third-order valence-corrected chi connectivity index (χ3v) is 6.69. The first-order valence-corrected chi connectivity index (χ1v) is 11.6. The number of hydrogen-bond donors (Lipinski definition) is 1. The van der Waals surface area contributed by atoms with E-state index in [0.717, 1.165) is 38.5 Å². The number of aliphatic carboxylic acids is 1.